The quantitative estimate of drug-likeness (QED) is 0.533. The largest absolute Gasteiger partial charge is 0.510 e. The van der Waals surface area contributed by atoms with E-state index in [0.717, 1.165) is 0 Å². The number of aliphatic hydroxyl groups excluding tert-OH is 1. The van der Waals surface area contributed by atoms with Gasteiger partial charge in [0.2, 0.25) is 5.91 Å². The highest BCUT2D eigenvalue weighted by molar-refractivity contribution is 5.88. The number of rotatable bonds is 4. The van der Waals surface area contributed by atoms with Gasteiger partial charge in [0.1, 0.15) is 11.3 Å². The van der Waals surface area contributed by atoms with E-state index in [2.05, 4.69) is 37.2 Å². The molecule has 84 valence electrons. The Morgan fingerprint density at radius 2 is 2.13 bits per heavy atom. The normalized spacial score (nSPS) is 19.4. The van der Waals surface area contributed by atoms with E-state index < -0.39 is 5.54 Å². The molecule has 1 rings (SSSR count). The molecule has 0 aromatic rings. The van der Waals surface area contributed by atoms with Crippen LogP contribution in [0.4, 0.5) is 0 Å². The Kier molecular flexibility index (Phi) is 3.19. The number of nitrogens with one attached hydrogen (secondary N) is 1. The summed E-state index contributed by atoms with van der Waals surface area (Å²) in [6, 6.07) is 0.401. The smallest absolute Gasteiger partial charge is 0.244 e. The summed E-state index contributed by atoms with van der Waals surface area (Å²) in [6.45, 7) is 12.2. The van der Waals surface area contributed by atoms with Crippen molar-refractivity contribution in [3.8, 4) is 0 Å². The molecule has 0 unspecified atom stereocenters. The van der Waals surface area contributed by atoms with Gasteiger partial charge in [0.05, 0.1) is 0 Å². The van der Waals surface area contributed by atoms with Crippen molar-refractivity contribution in [2.24, 2.45) is 0 Å². The third-order valence-corrected chi connectivity index (χ3v) is 2.78. The van der Waals surface area contributed by atoms with E-state index in [0.29, 0.717) is 19.1 Å². The van der Waals surface area contributed by atoms with Gasteiger partial charge >= 0.3 is 0 Å². The van der Waals surface area contributed by atoms with Crippen molar-refractivity contribution in [1.82, 2.24) is 10.2 Å². The van der Waals surface area contributed by atoms with Crippen molar-refractivity contribution >= 4 is 5.91 Å². The molecular formula is C11H18N2O2. The maximum Gasteiger partial charge on any atom is 0.244 e. The van der Waals surface area contributed by atoms with Crippen LogP contribution in [-0.4, -0.2) is 40.6 Å². The van der Waals surface area contributed by atoms with Crippen LogP contribution in [0.5, 0.6) is 0 Å². The zero-order valence-electron chi connectivity index (χ0n) is 9.29. The molecule has 1 aliphatic rings. The summed E-state index contributed by atoms with van der Waals surface area (Å²) in [7, 11) is 0. The number of likely N-dealkylation sites (tertiary alicyclic amines) is 1. The first-order valence-electron chi connectivity index (χ1n) is 4.98. The lowest BCUT2D eigenvalue weighted by atomic mass is 9.86. The van der Waals surface area contributed by atoms with E-state index >= 15 is 0 Å². The molecule has 1 heterocycles. The fourth-order valence-electron chi connectivity index (χ4n) is 1.63. The zero-order chi connectivity index (χ0) is 11.6. The minimum atomic E-state index is -0.685. The van der Waals surface area contributed by atoms with Gasteiger partial charge in [-0.15, -0.1) is 0 Å². The SMILES string of the molecule is C=CC(=O)NC1(C(=C)O)CN(C(C)C)C1. The molecule has 1 amide bonds. The lowest BCUT2D eigenvalue weighted by Crippen LogP contribution is -2.72. The Morgan fingerprint density at radius 3 is 2.47 bits per heavy atom. The lowest BCUT2D eigenvalue weighted by molar-refractivity contribution is -0.121. The van der Waals surface area contributed by atoms with Crippen LogP contribution in [-0.2, 0) is 4.79 Å². The maximum absolute atomic E-state index is 11.2. The molecule has 1 saturated heterocycles. The van der Waals surface area contributed by atoms with Crippen molar-refractivity contribution in [2.75, 3.05) is 13.1 Å². The predicted molar refractivity (Wildman–Crippen MR) is 59.5 cm³/mol. The monoisotopic (exact) mass is 210 g/mol. The second kappa shape index (κ2) is 4.06. The molecule has 0 aliphatic carbocycles. The van der Waals surface area contributed by atoms with Gasteiger partial charge in [0.25, 0.3) is 0 Å². The molecule has 0 saturated carbocycles. The molecule has 0 spiro atoms. The number of nitrogens with zero attached hydrogens (tertiary/aromatic N) is 1. The Hall–Kier alpha value is -1.29. The average molecular weight is 210 g/mol. The second-order valence-corrected chi connectivity index (χ2v) is 4.22. The molecule has 1 aliphatic heterocycles. The number of hydrogen-bond acceptors (Lipinski definition) is 3. The summed E-state index contributed by atoms with van der Waals surface area (Å²) in [6.07, 6.45) is 1.20. The highest BCUT2D eigenvalue weighted by atomic mass is 16.3. The third kappa shape index (κ3) is 2.21. The highest BCUT2D eigenvalue weighted by Crippen LogP contribution is 2.28. The van der Waals surface area contributed by atoms with Crippen LogP contribution in [0.2, 0.25) is 0 Å². The Bertz CT molecular complexity index is 291. The molecule has 4 nitrogen and oxygen atoms in total. The number of amides is 1. The Morgan fingerprint density at radius 1 is 1.60 bits per heavy atom. The molecule has 0 atom stereocenters. The summed E-state index contributed by atoms with van der Waals surface area (Å²) >= 11 is 0. The van der Waals surface area contributed by atoms with Crippen molar-refractivity contribution < 1.29 is 9.90 Å². The summed E-state index contributed by atoms with van der Waals surface area (Å²) in [5.41, 5.74) is -0.685. The van der Waals surface area contributed by atoms with Crippen LogP contribution in [0.15, 0.2) is 25.0 Å². The van der Waals surface area contributed by atoms with Crippen LogP contribution >= 0.6 is 0 Å². The summed E-state index contributed by atoms with van der Waals surface area (Å²) in [5, 5.41) is 12.2. The van der Waals surface area contributed by atoms with Gasteiger partial charge in [-0.2, -0.15) is 0 Å². The molecule has 1 fully saturated rings. The fraction of sp³-hybridized carbons (Fsp3) is 0.545. The average Bonchev–Trinajstić information content (AvgIpc) is 2.08. The van der Waals surface area contributed by atoms with Crippen molar-refractivity contribution in [3.05, 3.63) is 25.0 Å². The minimum Gasteiger partial charge on any atom is -0.510 e. The van der Waals surface area contributed by atoms with E-state index in [-0.39, 0.29) is 11.7 Å². The number of carbonyl (C=O) groups is 1. The van der Waals surface area contributed by atoms with Crippen molar-refractivity contribution in [1.29, 1.82) is 0 Å². The topological polar surface area (TPSA) is 52.6 Å². The van der Waals surface area contributed by atoms with Gasteiger partial charge in [-0.1, -0.05) is 13.2 Å². The van der Waals surface area contributed by atoms with Gasteiger partial charge in [-0.25, -0.2) is 0 Å². The van der Waals surface area contributed by atoms with E-state index in [1.807, 2.05) is 0 Å². The molecule has 0 radical (unpaired) electrons. The Balaban J connectivity index is 2.65. The van der Waals surface area contributed by atoms with Gasteiger partial charge in [0.15, 0.2) is 0 Å². The van der Waals surface area contributed by atoms with Crippen LogP contribution in [0.3, 0.4) is 0 Å². The first-order chi connectivity index (χ1) is 6.91. The molecule has 2 N–H and O–H groups in total. The van der Waals surface area contributed by atoms with E-state index in [9.17, 15) is 9.90 Å². The molecule has 0 aromatic carbocycles. The minimum absolute atomic E-state index is 0.00889. The molecular weight excluding hydrogens is 192 g/mol. The highest BCUT2D eigenvalue weighted by Gasteiger charge is 2.47. The van der Waals surface area contributed by atoms with Crippen LogP contribution < -0.4 is 5.32 Å². The first kappa shape index (κ1) is 11.8. The summed E-state index contributed by atoms with van der Waals surface area (Å²) in [4.78, 5) is 13.3. The summed E-state index contributed by atoms with van der Waals surface area (Å²) in [5.74, 6) is -0.275. The third-order valence-electron chi connectivity index (χ3n) is 2.78. The van der Waals surface area contributed by atoms with Crippen LogP contribution in [0.1, 0.15) is 13.8 Å². The van der Waals surface area contributed by atoms with Gasteiger partial charge < -0.3 is 10.4 Å². The summed E-state index contributed by atoms with van der Waals surface area (Å²) < 4.78 is 0. The molecule has 0 bridgehead atoms. The number of hydrogen-bond donors (Lipinski definition) is 2. The van der Waals surface area contributed by atoms with E-state index in [4.69, 9.17) is 0 Å². The molecule has 15 heavy (non-hydrogen) atoms. The number of aliphatic hydroxyl groups is 1. The predicted octanol–water partition coefficient (Wildman–Crippen LogP) is 0.823. The van der Waals surface area contributed by atoms with Gasteiger partial charge in [-0.05, 0) is 19.9 Å². The van der Waals surface area contributed by atoms with Crippen molar-refractivity contribution in [3.63, 3.8) is 0 Å². The first-order valence-corrected chi connectivity index (χ1v) is 4.98. The lowest BCUT2D eigenvalue weighted by Gasteiger charge is -2.51. The second-order valence-electron chi connectivity index (χ2n) is 4.22. The maximum atomic E-state index is 11.2. The number of carbonyl (C=O) groups excluding carboxylic acids is 1. The fourth-order valence-corrected chi connectivity index (χ4v) is 1.63. The van der Waals surface area contributed by atoms with E-state index in [1.165, 1.54) is 6.08 Å². The van der Waals surface area contributed by atoms with Gasteiger partial charge in [0, 0.05) is 19.1 Å². The van der Waals surface area contributed by atoms with Gasteiger partial charge in [-0.3, -0.25) is 9.69 Å². The van der Waals surface area contributed by atoms with Crippen molar-refractivity contribution in [2.45, 2.75) is 25.4 Å². The zero-order valence-corrected chi connectivity index (χ0v) is 9.29. The standard InChI is InChI=1S/C11H18N2O2/c1-5-10(15)12-11(9(4)14)6-13(7-11)8(2)3/h5,8,14H,1,4,6-7H2,2-3H3,(H,12,15). The van der Waals surface area contributed by atoms with Crippen LogP contribution in [0.25, 0.3) is 0 Å². The van der Waals surface area contributed by atoms with E-state index in [1.54, 1.807) is 0 Å². The Labute approximate surface area is 90.3 Å². The van der Waals surface area contributed by atoms with Crippen LogP contribution in [0, 0.1) is 0 Å². The molecule has 4 heteroatoms. The molecule has 0 aromatic heterocycles.